The third kappa shape index (κ3) is 2.15. The summed E-state index contributed by atoms with van der Waals surface area (Å²) in [5, 5.41) is 0. The van der Waals surface area contributed by atoms with Crippen molar-refractivity contribution in [3.63, 3.8) is 0 Å². The van der Waals surface area contributed by atoms with Crippen molar-refractivity contribution in [1.29, 1.82) is 0 Å². The van der Waals surface area contributed by atoms with Gasteiger partial charge in [-0.25, -0.2) is 4.31 Å². The van der Waals surface area contributed by atoms with Crippen molar-refractivity contribution in [2.24, 2.45) is 0 Å². The Labute approximate surface area is 81.5 Å². The number of piperazine rings is 1. The van der Waals surface area contributed by atoms with E-state index in [1.807, 2.05) is 0 Å². The molecule has 72 valence electrons. The van der Waals surface area contributed by atoms with E-state index in [0.29, 0.717) is 18.1 Å². The van der Waals surface area contributed by atoms with Gasteiger partial charge in [0.25, 0.3) is 0 Å². The molecule has 0 bridgehead atoms. The third-order valence-electron chi connectivity index (χ3n) is 2.66. The summed E-state index contributed by atoms with van der Waals surface area (Å²) in [6.45, 7) is 11.2. The van der Waals surface area contributed by atoms with E-state index in [0.717, 1.165) is 13.1 Å². The molecule has 1 saturated heterocycles. The fourth-order valence-corrected chi connectivity index (χ4v) is 2.16. The lowest BCUT2D eigenvalue weighted by Gasteiger charge is -2.43. The van der Waals surface area contributed by atoms with Crippen LogP contribution in [0, 0.1) is 0 Å². The normalized spacial score (nSPS) is 34.5. The van der Waals surface area contributed by atoms with Gasteiger partial charge in [0.1, 0.15) is 0 Å². The van der Waals surface area contributed by atoms with E-state index in [4.69, 9.17) is 0 Å². The molecule has 0 aromatic rings. The van der Waals surface area contributed by atoms with E-state index in [-0.39, 0.29) is 0 Å². The minimum Gasteiger partial charge on any atom is -0.295 e. The summed E-state index contributed by atoms with van der Waals surface area (Å²) in [6, 6.07) is 1.87. The van der Waals surface area contributed by atoms with Gasteiger partial charge in [-0.05, 0) is 27.7 Å². The van der Waals surface area contributed by atoms with Gasteiger partial charge in [-0.2, -0.15) is 0 Å². The second-order valence-corrected chi connectivity index (χ2v) is 4.62. The van der Waals surface area contributed by atoms with Crippen molar-refractivity contribution >= 4 is 12.8 Å². The predicted molar refractivity (Wildman–Crippen MR) is 56.5 cm³/mol. The molecule has 2 atom stereocenters. The average Bonchev–Trinajstić information content (AvgIpc) is 1.96. The number of thiol groups is 1. The van der Waals surface area contributed by atoms with Crippen LogP contribution < -0.4 is 0 Å². The van der Waals surface area contributed by atoms with Crippen molar-refractivity contribution in [3.8, 4) is 0 Å². The number of hydrogen-bond acceptors (Lipinski definition) is 3. The van der Waals surface area contributed by atoms with Gasteiger partial charge in [-0.3, -0.25) is 4.90 Å². The lowest BCUT2D eigenvalue weighted by atomic mass is 10.1. The molecule has 12 heavy (non-hydrogen) atoms. The van der Waals surface area contributed by atoms with Crippen molar-refractivity contribution < 1.29 is 0 Å². The molecule has 1 heterocycles. The predicted octanol–water partition coefficient (Wildman–Crippen LogP) is 1.63. The molecule has 1 aliphatic heterocycles. The van der Waals surface area contributed by atoms with Gasteiger partial charge in [0.15, 0.2) is 0 Å². The zero-order valence-electron chi connectivity index (χ0n) is 8.49. The van der Waals surface area contributed by atoms with Crippen LogP contribution in [0.25, 0.3) is 0 Å². The van der Waals surface area contributed by atoms with E-state index in [9.17, 15) is 0 Å². The van der Waals surface area contributed by atoms with Crippen molar-refractivity contribution in [3.05, 3.63) is 0 Å². The molecule has 1 fully saturated rings. The fraction of sp³-hybridized carbons (Fsp3) is 1.00. The molecule has 1 rings (SSSR count). The van der Waals surface area contributed by atoms with Crippen LogP contribution in [0.1, 0.15) is 27.7 Å². The Hall–Kier alpha value is 0.270. The highest BCUT2D eigenvalue weighted by molar-refractivity contribution is 7.77. The first-order valence-electron chi connectivity index (χ1n) is 4.73. The fourth-order valence-electron chi connectivity index (χ4n) is 1.85. The smallest absolute Gasteiger partial charge is 0.0300 e. The van der Waals surface area contributed by atoms with Crippen LogP contribution in [-0.2, 0) is 0 Å². The molecule has 2 unspecified atom stereocenters. The second kappa shape index (κ2) is 3.99. The first kappa shape index (κ1) is 10.4. The molecule has 0 spiro atoms. The SMILES string of the molecule is CC1CN(C(C)C)C(C)CN1S. The van der Waals surface area contributed by atoms with Crippen molar-refractivity contribution in [2.45, 2.75) is 45.8 Å². The van der Waals surface area contributed by atoms with Crippen LogP contribution in [0.2, 0.25) is 0 Å². The molecule has 0 aromatic heterocycles. The lowest BCUT2D eigenvalue weighted by Crippen LogP contribution is -2.55. The summed E-state index contributed by atoms with van der Waals surface area (Å²) in [7, 11) is 0. The summed E-state index contributed by atoms with van der Waals surface area (Å²) in [5.74, 6) is 0. The molecule has 0 amide bonds. The van der Waals surface area contributed by atoms with Crippen LogP contribution in [0.5, 0.6) is 0 Å². The van der Waals surface area contributed by atoms with Gasteiger partial charge >= 0.3 is 0 Å². The summed E-state index contributed by atoms with van der Waals surface area (Å²) < 4.78 is 2.14. The second-order valence-electron chi connectivity index (χ2n) is 4.11. The monoisotopic (exact) mass is 188 g/mol. The topological polar surface area (TPSA) is 6.48 Å². The van der Waals surface area contributed by atoms with Gasteiger partial charge < -0.3 is 0 Å². The average molecular weight is 188 g/mol. The number of hydrogen-bond donors (Lipinski definition) is 1. The largest absolute Gasteiger partial charge is 0.295 e. The molecule has 0 aliphatic carbocycles. The summed E-state index contributed by atoms with van der Waals surface area (Å²) in [4.78, 5) is 2.54. The zero-order chi connectivity index (χ0) is 9.30. The Morgan fingerprint density at radius 1 is 1.17 bits per heavy atom. The molecule has 0 N–H and O–H groups in total. The van der Waals surface area contributed by atoms with Crippen LogP contribution in [0.15, 0.2) is 0 Å². The van der Waals surface area contributed by atoms with Gasteiger partial charge in [0.2, 0.25) is 0 Å². The lowest BCUT2D eigenvalue weighted by molar-refractivity contribution is 0.0731. The van der Waals surface area contributed by atoms with Crippen LogP contribution in [-0.4, -0.2) is 40.4 Å². The van der Waals surface area contributed by atoms with E-state index in [1.54, 1.807) is 0 Å². The summed E-state index contributed by atoms with van der Waals surface area (Å²) in [6.07, 6.45) is 0. The van der Waals surface area contributed by atoms with E-state index in [1.165, 1.54) is 0 Å². The Morgan fingerprint density at radius 2 is 1.75 bits per heavy atom. The van der Waals surface area contributed by atoms with Gasteiger partial charge in [0.05, 0.1) is 0 Å². The molecule has 0 radical (unpaired) electrons. The Kier molecular flexibility index (Phi) is 3.44. The van der Waals surface area contributed by atoms with Crippen molar-refractivity contribution in [2.75, 3.05) is 13.1 Å². The van der Waals surface area contributed by atoms with Crippen molar-refractivity contribution in [1.82, 2.24) is 9.21 Å². The summed E-state index contributed by atoms with van der Waals surface area (Å²) >= 11 is 4.43. The summed E-state index contributed by atoms with van der Waals surface area (Å²) in [5.41, 5.74) is 0. The Balaban J connectivity index is 2.55. The highest BCUT2D eigenvalue weighted by Crippen LogP contribution is 2.18. The van der Waals surface area contributed by atoms with E-state index >= 15 is 0 Å². The van der Waals surface area contributed by atoms with Gasteiger partial charge in [-0.1, -0.05) is 12.8 Å². The minimum absolute atomic E-state index is 0.576. The molecule has 1 aliphatic rings. The van der Waals surface area contributed by atoms with Crippen LogP contribution >= 0.6 is 12.8 Å². The molecule has 3 heteroatoms. The first-order valence-corrected chi connectivity index (χ1v) is 5.13. The number of rotatable bonds is 1. The minimum atomic E-state index is 0.576. The Bertz CT molecular complexity index is 149. The van der Waals surface area contributed by atoms with Crippen LogP contribution in [0.4, 0.5) is 0 Å². The highest BCUT2D eigenvalue weighted by Gasteiger charge is 2.28. The maximum Gasteiger partial charge on any atom is 0.0300 e. The van der Waals surface area contributed by atoms with Gasteiger partial charge in [-0.15, -0.1) is 0 Å². The van der Waals surface area contributed by atoms with E-state index < -0.39 is 0 Å². The maximum absolute atomic E-state index is 4.43. The molecular formula is C9H20N2S. The van der Waals surface area contributed by atoms with Gasteiger partial charge in [0, 0.05) is 31.2 Å². The highest BCUT2D eigenvalue weighted by atomic mass is 32.1. The maximum atomic E-state index is 4.43. The quantitative estimate of drug-likeness (QED) is 0.625. The molecular weight excluding hydrogens is 168 g/mol. The third-order valence-corrected chi connectivity index (χ3v) is 3.22. The standard InChI is InChI=1S/C9H20N2S/c1-7(2)10-5-9(4)11(12)6-8(10)3/h7-9,12H,5-6H2,1-4H3. The number of nitrogens with zero attached hydrogens (tertiary/aromatic N) is 2. The zero-order valence-corrected chi connectivity index (χ0v) is 9.38. The first-order chi connectivity index (χ1) is 5.52. The molecule has 0 saturated carbocycles. The Morgan fingerprint density at radius 3 is 2.25 bits per heavy atom. The van der Waals surface area contributed by atoms with E-state index in [2.05, 4.69) is 49.7 Å². The van der Waals surface area contributed by atoms with Crippen LogP contribution in [0.3, 0.4) is 0 Å². The molecule has 0 aromatic carbocycles. The molecule has 2 nitrogen and oxygen atoms in total.